The second kappa shape index (κ2) is 11.4. The molecule has 1 aliphatic heterocycles. The molecule has 1 amide bonds. The van der Waals surface area contributed by atoms with E-state index in [9.17, 15) is 9.00 Å². The summed E-state index contributed by atoms with van der Waals surface area (Å²) >= 11 is 0. The molecule has 1 saturated heterocycles. The summed E-state index contributed by atoms with van der Waals surface area (Å²) in [7, 11) is -1.32. The molecule has 4 rings (SSSR count). The van der Waals surface area contributed by atoms with Crippen LogP contribution in [0, 0.1) is 0 Å². The maximum atomic E-state index is 12.8. The quantitative estimate of drug-likeness (QED) is 0.465. The summed E-state index contributed by atoms with van der Waals surface area (Å²) in [5.74, 6) is 0.967. The number of likely N-dealkylation sites (tertiary alicyclic amines) is 1. The number of rotatable bonds is 10. The fraction of sp³-hybridized carbons (Fsp3) is 0.440. The number of nitrogens with zero attached hydrogens (tertiary/aromatic N) is 4. The van der Waals surface area contributed by atoms with Gasteiger partial charge in [0.2, 0.25) is 5.91 Å². The van der Waals surface area contributed by atoms with E-state index in [1.165, 1.54) is 19.3 Å². The van der Waals surface area contributed by atoms with Gasteiger partial charge in [-0.15, -0.1) is 0 Å². The number of aromatic nitrogens is 3. The first-order valence-electron chi connectivity index (χ1n) is 11.7. The van der Waals surface area contributed by atoms with Gasteiger partial charge in [0.15, 0.2) is 0 Å². The van der Waals surface area contributed by atoms with Crippen LogP contribution >= 0.6 is 0 Å². The van der Waals surface area contributed by atoms with E-state index in [0.29, 0.717) is 12.6 Å². The third-order valence-corrected chi connectivity index (χ3v) is 7.38. The molecule has 0 radical (unpaired) electrons. The van der Waals surface area contributed by atoms with Gasteiger partial charge in [0.25, 0.3) is 0 Å². The van der Waals surface area contributed by atoms with Crippen LogP contribution in [-0.4, -0.2) is 60.8 Å². The molecule has 0 unspecified atom stereocenters. The lowest BCUT2D eigenvalue weighted by Crippen LogP contribution is -2.39. The van der Waals surface area contributed by atoms with Gasteiger partial charge in [-0.05, 0) is 57.0 Å². The Morgan fingerprint density at radius 2 is 1.94 bits per heavy atom. The molecule has 1 aromatic carbocycles. The van der Waals surface area contributed by atoms with Gasteiger partial charge in [0.05, 0.1) is 17.6 Å². The van der Waals surface area contributed by atoms with Gasteiger partial charge >= 0.3 is 0 Å². The van der Waals surface area contributed by atoms with Gasteiger partial charge in [0.1, 0.15) is 11.6 Å². The van der Waals surface area contributed by atoms with E-state index in [-0.39, 0.29) is 17.4 Å². The first-order valence-corrected chi connectivity index (χ1v) is 13.2. The largest absolute Gasteiger partial charge is 0.355 e. The van der Waals surface area contributed by atoms with Crippen molar-refractivity contribution < 1.29 is 9.00 Å². The van der Waals surface area contributed by atoms with Crippen molar-refractivity contribution in [3.8, 4) is 11.5 Å². The fourth-order valence-corrected chi connectivity index (χ4v) is 5.46. The molecule has 1 fully saturated rings. The summed E-state index contributed by atoms with van der Waals surface area (Å²) < 4.78 is 16.6. The van der Waals surface area contributed by atoms with Crippen molar-refractivity contribution in [3.05, 3.63) is 66.6 Å². The monoisotopic (exact) mass is 467 g/mol. The van der Waals surface area contributed by atoms with Gasteiger partial charge in [-0.1, -0.05) is 24.6 Å². The molecule has 2 aromatic heterocycles. The average molecular weight is 468 g/mol. The Balaban J connectivity index is 1.32. The van der Waals surface area contributed by atoms with Crippen LogP contribution in [0.4, 0.5) is 0 Å². The number of carbonyl (C=O) groups is 1. The maximum absolute atomic E-state index is 12.8. The number of para-hydroxylation sites is 1. The number of hydrogen-bond donors (Lipinski definition) is 1. The van der Waals surface area contributed by atoms with Crippen molar-refractivity contribution in [2.24, 2.45) is 0 Å². The maximum Gasteiger partial charge on any atom is 0.232 e. The van der Waals surface area contributed by atoms with Crippen LogP contribution < -0.4 is 5.32 Å². The zero-order valence-corrected chi connectivity index (χ0v) is 20.0. The summed E-state index contributed by atoms with van der Waals surface area (Å²) in [6.45, 7) is 5.06. The summed E-state index contributed by atoms with van der Waals surface area (Å²) in [5.41, 5.74) is 1.78. The molecule has 0 saturated carbocycles. The van der Waals surface area contributed by atoms with Crippen molar-refractivity contribution in [2.45, 2.75) is 44.4 Å². The number of piperidine rings is 1. The fourth-order valence-electron chi connectivity index (χ4n) is 4.41. The number of amides is 1. The Labute approximate surface area is 198 Å². The van der Waals surface area contributed by atoms with Gasteiger partial charge in [-0.2, -0.15) is 5.10 Å². The second-order valence-corrected chi connectivity index (χ2v) is 10.1. The standard InChI is InChI=1S/C25H33N5O2S/c1-21-10-5-6-14-28(21)17-9-13-26-24(31)20-33(32)19-22-18-27-30(23-11-3-2-4-12-23)25(22)29-15-7-8-16-29/h2-4,7-8,11-12,15-16,18,21H,5-6,9-10,13-14,17,19-20H2,1H3,(H,26,31)/t21-,33-/m0/s1. The van der Waals surface area contributed by atoms with Crippen molar-refractivity contribution in [3.63, 3.8) is 0 Å². The summed E-state index contributed by atoms with van der Waals surface area (Å²) in [6.07, 6.45) is 10.4. The molecule has 1 N–H and O–H groups in total. The van der Waals surface area contributed by atoms with Crippen molar-refractivity contribution >= 4 is 16.7 Å². The lowest BCUT2D eigenvalue weighted by molar-refractivity contribution is -0.118. The van der Waals surface area contributed by atoms with Crippen molar-refractivity contribution in [1.29, 1.82) is 0 Å². The van der Waals surface area contributed by atoms with Crippen LogP contribution in [0.15, 0.2) is 61.1 Å². The Bertz CT molecular complexity index is 1050. The minimum absolute atomic E-state index is 0.00174. The molecule has 1 aliphatic rings. The Hall–Kier alpha value is -2.71. The van der Waals surface area contributed by atoms with E-state index in [0.717, 1.165) is 36.6 Å². The molecule has 8 heteroatoms. The second-order valence-electron chi connectivity index (χ2n) is 8.64. The molecule has 176 valence electrons. The molecular formula is C25H33N5O2S. The number of hydrogen-bond acceptors (Lipinski definition) is 4. The highest BCUT2D eigenvalue weighted by Gasteiger charge is 2.19. The molecule has 7 nitrogen and oxygen atoms in total. The lowest BCUT2D eigenvalue weighted by Gasteiger charge is -2.33. The molecular weight excluding hydrogens is 434 g/mol. The lowest BCUT2D eigenvalue weighted by atomic mass is 10.0. The topological polar surface area (TPSA) is 72.2 Å². The van der Waals surface area contributed by atoms with E-state index in [2.05, 4.69) is 22.2 Å². The molecule has 3 heterocycles. The first-order chi connectivity index (χ1) is 16.1. The average Bonchev–Trinajstić information content (AvgIpc) is 3.48. The Kier molecular flexibility index (Phi) is 8.12. The number of carbonyl (C=O) groups excluding carboxylic acids is 1. The van der Waals surface area contributed by atoms with Crippen LogP contribution in [0.2, 0.25) is 0 Å². The summed E-state index contributed by atoms with van der Waals surface area (Å²) in [4.78, 5) is 14.9. The van der Waals surface area contributed by atoms with Crippen molar-refractivity contribution in [2.75, 3.05) is 25.4 Å². The molecule has 0 bridgehead atoms. The van der Waals surface area contributed by atoms with Gasteiger partial charge < -0.3 is 14.8 Å². The Morgan fingerprint density at radius 3 is 2.70 bits per heavy atom. The van der Waals surface area contributed by atoms with E-state index in [4.69, 9.17) is 0 Å². The predicted molar refractivity (Wildman–Crippen MR) is 132 cm³/mol. The molecule has 0 aliphatic carbocycles. The zero-order chi connectivity index (χ0) is 23.0. The smallest absolute Gasteiger partial charge is 0.232 e. The van der Waals surface area contributed by atoms with Gasteiger partial charge in [0, 0.05) is 47.9 Å². The molecule has 2 atom stereocenters. The van der Waals surface area contributed by atoms with Crippen LogP contribution in [0.5, 0.6) is 0 Å². The molecule has 3 aromatic rings. The normalized spacial score (nSPS) is 17.7. The van der Waals surface area contributed by atoms with E-state index in [1.54, 1.807) is 6.20 Å². The van der Waals surface area contributed by atoms with Gasteiger partial charge in [-0.25, -0.2) is 4.68 Å². The minimum Gasteiger partial charge on any atom is -0.355 e. The molecule has 0 spiro atoms. The summed E-state index contributed by atoms with van der Waals surface area (Å²) in [6, 6.07) is 14.4. The van der Waals surface area contributed by atoms with E-state index >= 15 is 0 Å². The Morgan fingerprint density at radius 1 is 1.15 bits per heavy atom. The predicted octanol–water partition coefficient (Wildman–Crippen LogP) is 3.29. The highest BCUT2D eigenvalue weighted by Crippen LogP contribution is 2.21. The zero-order valence-electron chi connectivity index (χ0n) is 19.2. The van der Waals surface area contributed by atoms with Crippen LogP contribution in [0.3, 0.4) is 0 Å². The number of benzene rings is 1. The summed E-state index contributed by atoms with van der Waals surface area (Å²) in [5, 5.41) is 7.48. The number of nitrogens with one attached hydrogen (secondary N) is 1. The van der Waals surface area contributed by atoms with Crippen LogP contribution in [-0.2, 0) is 21.3 Å². The van der Waals surface area contributed by atoms with Crippen molar-refractivity contribution in [1.82, 2.24) is 24.6 Å². The first kappa shape index (κ1) is 23.4. The molecule has 33 heavy (non-hydrogen) atoms. The van der Waals surface area contributed by atoms with Crippen LogP contribution in [0.1, 0.15) is 38.2 Å². The van der Waals surface area contributed by atoms with E-state index < -0.39 is 10.8 Å². The van der Waals surface area contributed by atoms with Gasteiger partial charge in [-0.3, -0.25) is 9.00 Å². The third kappa shape index (κ3) is 6.21. The highest BCUT2D eigenvalue weighted by molar-refractivity contribution is 7.84. The van der Waals surface area contributed by atoms with E-state index in [1.807, 2.05) is 64.1 Å². The highest BCUT2D eigenvalue weighted by atomic mass is 32.2. The third-order valence-electron chi connectivity index (χ3n) is 6.16. The van der Waals surface area contributed by atoms with Crippen LogP contribution in [0.25, 0.3) is 11.5 Å². The SMILES string of the molecule is C[C@H]1CCCCN1CCCNC(=O)C[S@@](=O)Cc1cnn(-c2ccccc2)c1-n1cccc1. The minimum atomic E-state index is -1.32.